The summed E-state index contributed by atoms with van der Waals surface area (Å²) in [7, 11) is 0. The molecule has 0 unspecified atom stereocenters. The van der Waals surface area contributed by atoms with Crippen LogP contribution < -0.4 is 0 Å². The molecule has 0 aliphatic heterocycles. The lowest BCUT2D eigenvalue weighted by atomic mass is 9.85. The Kier molecular flexibility index (Phi) is 8.15. The Balaban J connectivity index is 1.06. The third-order valence-electron chi connectivity index (χ3n) is 11.3. The summed E-state index contributed by atoms with van der Waals surface area (Å²) in [6.07, 6.45) is 0. The molecule has 10 aromatic carbocycles. The predicted octanol–water partition coefficient (Wildman–Crippen LogP) is 14.5. The van der Waals surface area contributed by atoms with E-state index in [1.54, 1.807) is 0 Å². The Morgan fingerprint density at radius 2 is 0.690 bits per heavy atom. The summed E-state index contributed by atoms with van der Waals surface area (Å²) < 4.78 is 0. The van der Waals surface area contributed by atoms with Crippen molar-refractivity contribution in [3.8, 4) is 67.5 Å². The first kappa shape index (κ1) is 33.6. The maximum absolute atomic E-state index is 5.18. The molecule has 3 nitrogen and oxygen atoms in total. The molecule has 0 radical (unpaired) electrons. The molecule has 0 N–H and O–H groups in total. The van der Waals surface area contributed by atoms with Gasteiger partial charge in [0, 0.05) is 16.7 Å². The average molecular weight is 738 g/mol. The molecule has 270 valence electrons. The zero-order valence-corrected chi connectivity index (χ0v) is 31.5. The summed E-state index contributed by atoms with van der Waals surface area (Å²) in [4.78, 5) is 15.4. The smallest absolute Gasteiger partial charge is 0.164 e. The van der Waals surface area contributed by atoms with Crippen molar-refractivity contribution in [1.82, 2.24) is 15.0 Å². The lowest BCUT2D eigenvalue weighted by Crippen LogP contribution is -2.00. The quantitative estimate of drug-likeness (QED) is 0.160. The average Bonchev–Trinajstić information content (AvgIpc) is 3.30. The lowest BCUT2D eigenvalue weighted by Gasteiger charge is -2.18. The van der Waals surface area contributed by atoms with Crippen molar-refractivity contribution >= 4 is 43.1 Å². The minimum Gasteiger partial charge on any atom is -0.208 e. The Labute approximate surface area is 336 Å². The Hall–Kier alpha value is -7.75. The van der Waals surface area contributed by atoms with E-state index in [9.17, 15) is 0 Å². The second kappa shape index (κ2) is 14.1. The molecule has 3 heteroatoms. The van der Waals surface area contributed by atoms with Gasteiger partial charge in [-0.15, -0.1) is 0 Å². The minimum atomic E-state index is 0.635. The van der Waals surface area contributed by atoms with Crippen molar-refractivity contribution in [3.05, 3.63) is 212 Å². The SMILES string of the molecule is c1ccc(-c2nc(-c3cccc(-c4c5ccccc5c(-c5ccc(-c6ccc7ccccc7c6)cc5)c5ccccc45)c3)nc(-c3cccc4ccccc34)n2)cc1. The van der Waals surface area contributed by atoms with E-state index in [4.69, 9.17) is 15.0 Å². The van der Waals surface area contributed by atoms with E-state index in [0.29, 0.717) is 17.5 Å². The third kappa shape index (κ3) is 5.89. The molecule has 0 saturated carbocycles. The van der Waals surface area contributed by atoms with Gasteiger partial charge in [-0.2, -0.15) is 0 Å². The monoisotopic (exact) mass is 737 g/mol. The summed E-state index contributed by atoms with van der Waals surface area (Å²) in [5, 5.41) is 9.58. The van der Waals surface area contributed by atoms with Gasteiger partial charge in [-0.05, 0) is 88.6 Å². The van der Waals surface area contributed by atoms with Gasteiger partial charge in [-0.25, -0.2) is 15.0 Å². The molecule has 0 aliphatic rings. The van der Waals surface area contributed by atoms with Gasteiger partial charge in [0.25, 0.3) is 0 Å². The van der Waals surface area contributed by atoms with Crippen molar-refractivity contribution in [2.75, 3.05) is 0 Å². The van der Waals surface area contributed by atoms with Crippen molar-refractivity contribution < 1.29 is 0 Å². The van der Waals surface area contributed by atoms with Gasteiger partial charge in [0.2, 0.25) is 0 Å². The van der Waals surface area contributed by atoms with Crippen LogP contribution in [0.1, 0.15) is 0 Å². The van der Waals surface area contributed by atoms with Gasteiger partial charge in [-0.3, -0.25) is 0 Å². The Bertz CT molecular complexity index is 3270. The van der Waals surface area contributed by atoms with Crippen LogP contribution in [0.2, 0.25) is 0 Å². The van der Waals surface area contributed by atoms with Gasteiger partial charge in [-0.1, -0.05) is 200 Å². The highest BCUT2D eigenvalue weighted by atomic mass is 15.0. The first-order valence-corrected chi connectivity index (χ1v) is 19.7. The summed E-state index contributed by atoms with van der Waals surface area (Å²) in [6.45, 7) is 0. The molecular formula is C55H35N3. The summed E-state index contributed by atoms with van der Waals surface area (Å²) in [5.74, 6) is 1.93. The predicted molar refractivity (Wildman–Crippen MR) is 242 cm³/mol. The van der Waals surface area contributed by atoms with Crippen LogP contribution in [0, 0.1) is 0 Å². The van der Waals surface area contributed by atoms with Gasteiger partial charge in [0.1, 0.15) is 0 Å². The molecule has 1 heterocycles. The summed E-state index contributed by atoms with van der Waals surface area (Å²) in [6, 6.07) is 75.5. The van der Waals surface area contributed by atoms with E-state index < -0.39 is 0 Å². The second-order valence-corrected chi connectivity index (χ2v) is 14.8. The van der Waals surface area contributed by atoms with E-state index >= 15 is 0 Å². The Morgan fingerprint density at radius 3 is 1.40 bits per heavy atom. The first-order valence-electron chi connectivity index (χ1n) is 19.7. The van der Waals surface area contributed by atoms with E-state index in [-0.39, 0.29) is 0 Å². The molecular weight excluding hydrogens is 703 g/mol. The maximum Gasteiger partial charge on any atom is 0.164 e. The molecule has 11 aromatic rings. The molecule has 58 heavy (non-hydrogen) atoms. The third-order valence-corrected chi connectivity index (χ3v) is 11.3. The van der Waals surface area contributed by atoms with Crippen LogP contribution in [0.15, 0.2) is 212 Å². The second-order valence-electron chi connectivity index (χ2n) is 14.8. The molecule has 0 atom stereocenters. The summed E-state index contributed by atoms with van der Waals surface area (Å²) in [5.41, 5.74) is 10.0. The number of nitrogens with zero attached hydrogens (tertiary/aromatic N) is 3. The van der Waals surface area contributed by atoms with E-state index in [2.05, 4.69) is 194 Å². The van der Waals surface area contributed by atoms with Crippen molar-refractivity contribution in [1.29, 1.82) is 0 Å². The topological polar surface area (TPSA) is 38.7 Å². The molecule has 0 amide bonds. The van der Waals surface area contributed by atoms with Gasteiger partial charge in [0.05, 0.1) is 0 Å². The lowest BCUT2D eigenvalue weighted by molar-refractivity contribution is 1.08. The highest BCUT2D eigenvalue weighted by molar-refractivity contribution is 6.21. The molecule has 1 aromatic heterocycles. The molecule has 0 bridgehead atoms. The van der Waals surface area contributed by atoms with Gasteiger partial charge in [0.15, 0.2) is 17.5 Å². The fourth-order valence-electron chi connectivity index (χ4n) is 8.52. The number of benzene rings is 10. The highest BCUT2D eigenvalue weighted by Gasteiger charge is 2.19. The van der Waals surface area contributed by atoms with Crippen LogP contribution in [0.3, 0.4) is 0 Å². The molecule has 0 fully saturated rings. The van der Waals surface area contributed by atoms with Crippen LogP contribution >= 0.6 is 0 Å². The molecule has 0 aliphatic carbocycles. The van der Waals surface area contributed by atoms with Crippen molar-refractivity contribution in [2.24, 2.45) is 0 Å². The van der Waals surface area contributed by atoms with Gasteiger partial charge >= 0.3 is 0 Å². The number of hydrogen-bond acceptors (Lipinski definition) is 3. The fraction of sp³-hybridized carbons (Fsp3) is 0. The van der Waals surface area contributed by atoms with Gasteiger partial charge < -0.3 is 0 Å². The van der Waals surface area contributed by atoms with Crippen LogP contribution in [-0.2, 0) is 0 Å². The van der Waals surface area contributed by atoms with E-state index in [1.165, 1.54) is 60.1 Å². The maximum atomic E-state index is 5.18. The van der Waals surface area contributed by atoms with Crippen LogP contribution in [0.4, 0.5) is 0 Å². The summed E-state index contributed by atoms with van der Waals surface area (Å²) >= 11 is 0. The van der Waals surface area contributed by atoms with Crippen molar-refractivity contribution in [3.63, 3.8) is 0 Å². The zero-order valence-electron chi connectivity index (χ0n) is 31.5. The number of rotatable bonds is 6. The van der Waals surface area contributed by atoms with Crippen LogP contribution in [-0.4, -0.2) is 15.0 Å². The number of fused-ring (bicyclic) bond motifs is 4. The standard InChI is InChI=1S/C55H35N3/c1-2-16-40(17-3-1)53-56-54(58-55(57-53)50-27-13-19-38-15-6-7-22-45(38)50)44-21-12-20-43(35-44)52-48-25-10-8-23-46(48)51(47-24-9-11-26-49(47)52)39-31-28-37(29-32-39)42-33-30-36-14-4-5-18-41(36)34-42/h1-35H. The molecule has 0 spiro atoms. The normalized spacial score (nSPS) is 11.4. The van der Waals surface area contributed by atoms with E-state index in [0.717, 1.165) is 33.0 Å². The number of aromatic nitrogens is 3. The minimum absolute atomic E-state index is 0.635. The van der Waals surface area contributed by atoms with Crippen LogP contribution in [0.5, 0.6) is 0 Å². The fourth-order valence-corrected chi connectivity index (χ4v) is 8.52. The molecule has 11 rings (SSSR count). The largest absolute Gasteiger partial charge is 0.208 e. The van der Waals surface area contributed by atoms with E-state index in [1.807, 2.05) is 18.2 Å². The van der Waals surface area contributed by atoms with Crippen molar-refractivity contribution in [2.45, 2.75) is 0 Å². The Morgan fingerprint density at radius 1 is 0.224 bits per heavy atom. The highest BCUT2D eigenvalue weighted by Crippen LogP contribution is 2.44. The zero-order chi connectivity index (χ0) is 38.4. The molecule has 0 saturated heterocycles. The van der Waals surface area contributed by atoms with Crippen LogP contribution in [0.25, 0.3) is 111 Å². The number of hydrogen-bond donors (Lipinski definition) is 0. The first-order chi connectivity index (χ1) is 28.7.